The highest BCUT2D eigenvalue weighted by Gasteiger charge is 2.38. The van der Waals surface area contributed by atoms with E-state index in [1.54, 1.807) is 0 Å². The van der Waals surface area contributed by atoms with Crippen LogP contribution in [0.5, 0.6) is 11.5 Å². The van der Waals surface area contributed by atoms with Gasteiger partial charge in [0, 0.05) is 0 Å². The average molecular weight is 429 g/mol. The molecular formula is C31H24O2. The first-order chi connectivity index (χ1) is 16.3. The van der Waals surface area contributed by atoms with Crippen LogP contribution >= 0.6 is 0 Å². The molecule has 0 aliphatic heterocycles. The van der Waals surface area contributed by atoms with Gasteiger partial charge in [-0.1, -0.05) is 96.8 Å². The summed E-state index contributed by atoms with van der Waals surface area (Å²) in [5, 5.41) is 0. The molecule has 0 radical (unpaired) electrons. The first-order valence-electron chi connectivity index (χ1n) is 10.7. The molecule has 0 spiro atoms. The van der Waals surface area contributed by atoms with Crippen LogP contribution in [0.3, 0.4) is 0 Å². The molecule has 0 amide bonds. The molecule has 0 aromatic heterocycles. The monoisotopic (exact) mass is 428 g/mol. The lowest BCUT2D eigenvalue weighted by Gasteiger charge is -2.37. The standard InChI is InChI=1S/C31H24O2/c1-3-23-32-29-19-15-27(16-20-29)31(25-11-7-5-8-12-25,26-13-9-6-10-14-26)28-17-21-30(22-18-28)33-24-4-2/h1-2,5-22H,23-24H2. The molecule has 0 heterocycles. The highest BCUT2D eigenvalue weighted by atomic mass is 16.5. The average Bonchev–Trinajstić information content (AvgIpc) is 2.89. The molecule has 4 aromatic rings. The van der Waals surface area contributed by atoms with E-state index in [1.807, 2.05) is 36.4 Å². The maximum Gasteiger partial charge on any atom is 0.148 e. The molecule has 160 valence electrons. The number of hydrogen-bond donors (Lipinski definition) is 0. The highest BCUT2D eigenvalue weighted by Crippen LogP contribution is 2.45. The summed E-state index contributed by atoms with van der Waals surface area (Å²) in [6, 6.07) is 37.3. The van der Waals surface area contributed by atoms with Gasteiger partial charge in [0.25, 0.3) is 0 Å². The molecule has 0 aliphatic rings. The minimum absolute atomic E-state index is 0.237. The lowest BCUT2D eigenvalue weighted by Crippen LogP contribution is -2.31. The van der Waals surface area contributed by atoms with Crippen molar-refractivity contribution >= 4 is 0 Å². The molecule has 0 atom stereocenters. The predicted molar refractivity (Wildman–Crippen MR) is 133 cm³/mol. The van der Waals surface area contributed by atoms with Gasteiger partial charge in [0.1, 0.15) is 24.7 Å². The Bertz CT molecular complexity index is 1140. The van der Waals surface area contributed by atoms with Crippen LogP contribution in [0.2, 0.25) is 0 Å². The predicted octanol–water partition coefficient (Wildman–Crippen LogP) is 6.09. The van der Waals surface area contributed by atoms with Crippen LogP contribution in [0.1, 0.15) is 22.3 Å². The largest absolute Gasteiger partial charge is 0.481 e. The third-order valence-corrected chi connectivity index (χ3v) is 5.63. The number of rotatable bonds is 8. The summed E-state index contributed by atoms with van der Waals surface area (Å²) in [5.74, 6) is 6.51. The summed E-state index contributed by atoms with van der Waals surface area (Å²) >= 11 is 0. The molecule has 0 saturated heterocycles. The van der Waals surface area contributed by atoms with Crippen molar-refractivity contribution in [2.45, 2.75) is 5.41 Å². The zero-order valence-electron chi connectivity index (χ0n) is 18.3. The van der Waals surface area contributed by atoms with Crippen molar-refractivity contribution in [1.29, 1.82) is 0 Å². The maximum atomic E-state index is 5.62. The third-order valence-electron chi connectivity index (χ3n) is 5.63. The molecule has 2 heteroatoms. The summed E-state index contributed by atoms with van der Waals surface area (Å²) in [6.07, 6.45) is 10.7. The van der Waals surface area contributed by atoms with Gasteiger partial charge in [0.05, 0.1) is 5.41 Å². The summed E-state index contributed by atoms with van der Waals surface area (Å²) in [7, 11) is 0. The van der Waals surface area contributed by atoms with Crippen LogP contribution in [0, 0.1) is 24.7 Å². The van der Waals surface area contributed by atoms with E-state index in [0.29, 0.717) is 0 Å². The van der Waals surface area contributed by atoms with Crippen LogP contribution < -0.4 is 9.47 Å². The summed E-state index contributed by atoms with van der Waals surface area (Å²) in [6.45, 7) is 0.474. The van der Waals surface area contributed by atoms with Gasteiger partial charge in [-0.3, -0.25) is 0 Å². The Labute approximate surface area is 195 Å². The van der Waals surface area contributed by atoms with Crippen LogP contribution in [0.4, 0.5) is 0 Å². The zero-order chi connectivity index (χ0) is 22.9. The van der Waals surface area contributed by atoms with Gasteiger partial charge in [-0.2, -0.15) is 0 Å². The smallest absolute Gasteiger partial charge is 0.148 e. The van der Waals surface area contributed by atoms with E-state index in [-0.39, 0.29) is 13.2 Å². The molecule has 0 fully saturated rings. The second-order valence-corrected chi connectivity index (χ2v) is 7.52. The van der Waals surface area contributed by atoms with E-state index in [0.717, 1.165) is 33.8 Å². The van der Waals surface area contributed by atoms with E-state index in [4.69, 9.17) is 22.3 Å². The Morgan fingerprint density at radius 2 is 0.818 bits per heavy atom. The second-order valence-electron chi connectivity index (χ2n) is 7.52. The van der Waals surface area contributed by atoms with Gasteiger partial charge in [0.15, 0.2) is 0 Å². The quantitative estimate of drug-likeness (QED) is 0.250. The van der Waals surface area contributed by atoms with Crippen molar-refractivity contribution < 1.29 is 9.47 Å². The Morgan fingerprint density at radius 3 is 1.15 bits per heavy atom. The van der Waals surface area contributed by atoms with Crippen LogP contribution in [-0.2, 0) is 5.41 Å². The van der Waals surface area contributed by atoms with Gasteiger partial charge in [-0.05, 0) is 46.5 Å². The Hall–Kier alpha value is -4.40. The molecule has 0 unspecified atom stereocenters. The fourth-order valence-electron chi connectivity index (χ4n) is 4.23. The van der Waals surface area contributed by atoms with Gasteiger partial charge in [-0.15, -0.1) is 12.8 Å². The van der Waals surface area contributed by atoms with Crippen molar-refractivity contribution in [2.24, 2.45) is 0 Å². The molecule has 0 bridgehead atoms. The van der Waals surface area contributed by atoms with E-state index in [9.17, 15) is 0 Å². The van der Waals surface area contributed by atoms with Crippen LogP contribution in [0.25, 0.3) is 0 Å². The normalized spacial score (nSPS) is 10.6. The third kappa shape index (κ3) is 4.47. The first-order valence-corrected chi connectivity index (χ1v) is 10.7. The summed E-state index contributed by atoms with van der Waals surface area (Å²) < 4.78 is 11.2. The summed E-state index contributed by atoms with van der Waals surface area (Å²) in [5.41, 5.74) is 4.00. The number of terminal acetylenes is 2. The fraction of sp³-hybridized carbons (Fsp3) is 0.0968. The van der Waals surface area contributed by atoms with E-state index >= 15 is 0 Å². The highest BCUT2D eigenvalue weighted by molar-refractivity contribution is 5.60. The van der Waals surface area contributed by atoms with Crippen molar-refractivity contribution in [3.8, 4) is 36.2 Å². The van der Waals surface area contributed by atoms with Crippen LogP contribution in [0.15, 0.2) is 109 Å². The Balaban J connectivity index is 1.94. The van der Waals surface area contributed by atoms with Crippen molar-refractivity contribution in [3.05, 3.63) is 131 Å². The minimum atomic E-state index is -0.544. The molecule has 0 saturated carbocycles. The van der Waals surface area contributed by atoms with E-state index in [1.165, 1.54) is 0 Å². The molecule has 4 rings (SSSR count). The topological polar surface area (TPSA) is 18.5 Å². The lowest BCUT2D eigenvalue weighted by molar-refractivity contribution is 0.370. The van der Waals surface area contributed by atoms with Crippen molar-refractivity contribution in [2.75, 3.05) is 13.2 Å². The van der Waals surface area contributed by atoms with Crippen LogP contribution in [-0.4, -0.2) is 13.2 Å². The van der Waals surface area contributed by atoms with E-state index < -0.39 is 5.41 Å². The number of ether oxygens (including phenoxy) is 2. The van der Waals surface area contributed by atoms with Crippen molar-refractivity contribution in [3.63, 3.8) is 0 Å². The Morgan fingerprint density at radius 1 is 0.485 bits per heavy atom. The molecule has 4 aromatic carbocycles. The lowest BCUT2D eigenvalue weighted by atomic mass is 9.65. The summed E-state index contributed by atoms with van der Waals surface area (Å²) in [4.78, 5) is 0. The first kappa shape index (κ1) is 21.8. The molecular weight excluding hydrogens is 404 g/mol. The number of hydrogen-bond acceptors (Lipinski definition) is 2. The van der Waals surface area contributed by atoms with Crippen molar-refractivity contribution in [1.82, 2.24) is 0 Å². The van der Waals surface area contributed by atoms with E-state index in [2.05, 4.69) is 84.6 Å². The van der Waals surface area contributed by atoms with Gasteiger partial charge in [-0.25, -0.2) is 0 Å². The van der Waals surface area contributed by atoms with Gasteiger partial charge < -0.3 is 9.47 Å². The number of benzene rings is 4. The Kier molecular flexibility index (Phi) is 6.79. The molecule has 2 nitrogen and oxygen atoms in total. The van der Waals surface area contributed by atoms with Gasteiger partial charge >= 0.3 is 0 Å². The zero-order valence-corrected chi connectivity index (χ0v) is 18.3. The molecule has 33 heavy (non-hydrogen) atoms. The fourth-order valence-corrected chi connectivity index (χ4v) is 4.23. The maximum absolute atomic E-state index is 5.62. The van der Waals surface area contributed by atoms with Gasteiger partial charge in [0.2, 0.25) is 0 Å². The second kappa shape index (κ2) is 10.3. The minimum Gasteiger partial charge on any atom is -0.481 e. The SMILES string of the molecule is C#CCOc1ccc(C(c2ccccc2)(c2ccccc2)c2ccc(OCC#C)cc2)cc1. The molecule has 0 aliphatic carbocycles. The molecule has 0 N–H and O–H groups in total.